The number of thioether (sulfide) groups is 1. The Labute approximate surface area is 165 Å². The molecule has 0 bridgehead atoms. The SMILES string of the molecule is O=C(c1ccc(Br)cc1)C(Sc1ccccc1)S(=O)(=O)c1ccccc1. The van der Waals surface area contributed by atoms with Gasteiger partial charge in [0, 0.05) is 14.9 Å². The highest BCUT2D eigenvalue weighted by Crippen LogP contribution is 2.33. The third-order valence-corrected chi connectivity index (χ3v) is 7.94. The lowest BCUT2D eigenvalue weighted by Gasteiger charge is -2.17. The molecule has 3 aromatic rings. The number of rotatable bonds is 6. The summed E-state index contributed by atoms with van der Waals surface area (Å²) in [5.74, 6) is -0.435. The molecule has 0 saturated heterocycles. The molecule has 0 N–H and O–H groups in total. The van der Waals surface area contributed by atoms with Crippen molar-refractivity contribution in [1.82, 2.24) is 0 Å². The van der Waals surface area contributed by atoms with Gasteiger partial charge in [0.05, 0.1) is 4.90 Å². The fourth-order valence-corrected chi connectivity index (χ4v) is 5.81. The first-order valence-corrected chi connectivity index (χ1v) is 11.0. The molecular weight excluding hydrogens is 432 g/mol. The van der Waals surface area contributed by atoms with Crippen molar-refractivity contribution < 1.29 is 13.2 Å². The van der Waals surface area contributed by atoms with Crippen molar-refractivity contribution in [3.63, 3.8) is 0 Å². The monoisotopic (exact) mass is 446 g/mol. The molecule has 3 nitrogen and oxygen atoms in total. The Kier molecular flexibility index (Phi) is 5.96. The Morgan fingerprint density at radius 2 is 1.35 bits per heavy atom. The Morgan fingerprint density at radius 1 is 0.808 bits per heavy atom. The average molecular weight is 447 g/mol. The van der Waals surface area contributed by atoms with Crippen LogP contribution in [0.15, 0.2) is 99.2 Å². The molecule has 6 heteroatoms. The van der Waals surface area contributed by atoms with Crippen LogP contribution in [0.4, 0.5) is 0 Å². The molecular formula is C20H15BrO3S2. The Morgan fingerprint density at radius 3 is 1.92 bits per heavy atom. The third-order valence-electron chi connectivity index (χ3n) is 3.68. The first kappa shape index (κ1) is 18.9. The molecule has 0 saturated carbocycles. The molecule has 0 amide bonds. The van der Waals surface area contributed by atoms with Gasteiger partial charge >= 0.3 is 0 Å². The molecule has 0 aliphatic heterocycles. The molecule has 0 heterocycles. The van der Waals surface area contributed by atoms with Gasteiger partial charge in [-0.3, -0.25) is 4.79 Å². The van der Waals surface area contributed by atoms with Gasteiger partial charge in [0.2, 0.25) is 0 Å². The molecule has 0 aliphatic carbocycles. The van der Waals surface area contributed by atoms with Crippen LogP contribution >= 0.6 is 27.7 Å². The van der Waals surface area contributed by atoms with Gasteiger partial charge in [0.1, 0.15) is 0 Å². The maximum atomic E-state index is 13.2. The highest BCUT2D eigenvalue weighted by Gasteiger charge is 2.35. The predicted octanol–water partition coefficient (Wildman–Crippen LogP) is 5.22. The van der Waals surface area contributed by atoms with Crippen molar-refractivity contribution >= 4 is 43.3 Å². The fourth-order valence-electron chi connectivity index (χ4n) is 2.36. The Bertz CT molecular complexity index is 986. The molecule has 0 radical (unpaired) electrons. The van der Waals surface area contributed by atoms with Crippen LogP contribution in [0.25, 0.3) is 0 Å². The van der Waals surface area contributed by atoms with Crippen molar-refractivity contribution in [3.8, 4) is 0 Å². The van der Waals surface area contributed by atoms with E-state index in [1.165, 1.54) is 12.1 Å². The number of benzene rings is 3. The second-order valence-corrected chi connectivity index (χ2v) is 9.92. The molecule has 0 spiro atoms. The summed E-state index contributed by atoms with van der Waals surface area (Å²) in [6, 6.07) is 23.9. The minimum absolute atomic E-state index is 0.138. The summed E-state index contributed by atoms with van der Waals surface area (Å²) >= 11 is 4.38. The van der Waals surface area contributed by atoms with Gasteiger partial charge in [-0.1, -0.05) is 76.2 Å². The van der Waals surface area contributed by atoms with Crippen LogP contribution in [0.5, 0.6) is 0 Å². The Balaban J connectivity index is 2.04. The summed E-state index contributed by atoms with van der Waals surface area (Å²) in [4.78, 5) is 13.9. The van der Waals surface area contributed by atoms with Gasteiger partial charge in [-0.2, -0.15) is 0 Å². The largest absolute Gasteiger partial charge is 0.292 e. The maximum Gasteiger partial charge on any atom is 0.198 e. The van der Waals surface area contributed by atoms with Crippen molar-refractivity contribution in [2.45, 2.75) is 14.4 Å². The predicted molar refractivity (Wildman–Crippen MR) is 108 cm³/mol. The van der Waals surface area contributed by atoms with E-state index in [1.807, 2.05) is 18.2 Å². The van der Waals surface area contributed by atoms with E-state index in [1.54, 1.807) is 54.6 Å². The first-order valence-electron chi connectivity index (χ1n) is 7.79. The van der Waals surface area contributed by atoms with Crippen LogP contribution in [0.3, 0.4) is 0 Å². The second kappa shape index (κ2) is 8.20. The van der Waals surface area contributed by atoms with E-state index in [0.717, 1.165) is 21.1 Å². The summed E-state index contributed by atoms with van der Waals surface area (Å²) in [7, 11) is -3.86. The van der Waals surface area contributed by atoms with Crippen LogP contribution in [0.2, 0.25) is 0 Å². The van der Waals surface area contributed by atoms with Crippen molar-refractivity contribution in [1.29, 1.82) is 0 Å². The lowest BCUT2D eigenvalue weighted by Crippen LogP contribution is -2.27. The minimum Gasteiger partial charge on any atom is -0.292 e. The van der Waals surface area contributed by atoms with Crippen molar-refractivity contribution in [3.05, 3.63) is 95.0 Å². The van der Waals surface area contributed by atoms with Crippen molar-refractivity contribution in [2.24, 2.45) is 0 Å². The lowest BCUT2D eigenvalue weighted by atomic mass is 10.1. The van der Waals surface area contributed by atoms with E-state index < -0.39 is 20.2 Å². The standard InChI is InChI=1S/C20H15BrO3S2/c21-16-13-11-15(12-14-16)19(22)20(25-17-7-3-1-4-8-17)26(23,24)18-9-5-2-6-10-18/h1-14,20H. The van der Waals surface area contributed by atoms with Crippen LogP contribution in [-0.4, -0.2) is 18.8 Å². The zero-order valence-electron chi connectivity index (χ0n) is 13.6. The lowest BCUT2D eigenvalue weighted by molar-refractivity contribution is 0.101. The summed E-state index contributed by atoms with van der Waals surface area (Å²) in [6.07, 6.45) is 0. The highest BCUT2D eigenvalue weighted by atomic mass is 79.9. The Hall–Kier alpha value is -1.89. The molecule has 0 aliphatic rings. The number of Topliss-reactive ketones (excluding diaryl/α,β-unsaturated/α-hetero) is 1. The van der Waals surface area contributed by atoms with Crippen LogP contribution < -0.4 is 0 Å². The first-order chi connectivity index (χ1) is 12.5. The summed E-state index contributed by atoms with van der Waals surface area (Å²) in [6.45, 7) is 0. The van der Waals surface area contributed by atoms with E-state index in [0.29, 0.717) is 5.56 Å². The number of ketones is 1. The molecule has 1 atom stereocenters. The number of carbonyl (C=O) groups is 1. The van der Waals surface area contributed by atoms with Crippen LogP contribution in [0.1, 0.15) is 10.4 Å². The molecule has 1 unspecified atom stereocenters. The van der Waals surface area contributed by atoms with E-state index >= 15 is 0 Å². The molecule has 0 aromatic heterocycles. The zero-order chi connectivity index (χ0) is 18.6. The maximum absolute atomic E-state index is 13.2. The van der Waals surface area contributed by atoms with E-state index in [4.69, 9.17) is 0 Å². The van der Waals surface area contributed by atoms with Gasteiger partial charge in [0.15, 0.2) is 20.2 Å². The highest BCUT2D eigenvalue weighted by molar-refractivity contribution is 9.10. The second-order valence-electron chi connectivity index (χ2n) is 5.49. The summed E-state index contributed by atoms with van der Waals surface area (Å²) in [5.41, 5.74) is 0.362. The van der Waals surface area contributed by atoms with Crippen LogP contribution in [0, 0.1) is 0 Å². The topological polar surface area (TPSA) is 51.2 Å². The van der Waals surface area contributed by atoms with Gasteiger partial charge < -0.3 is 0 Å². The zero-order valence-corrected chi connectivity index (χ0v) is 16.8. The molecule has 3 rings (SSSR count). The summed E-state index contributed by atoms with van der Waals surface area (Å²) < 4.78 is 25.9. The number of sulfone groups is 1. The molecule has 0 fully saturated rings. The van der Waals surface area contributed by atoms with E-state index in [9.17, 15) is 13.2 Å². The van der Waals surface area contributed by atoms with Gasteiger partial charge in [-0.15, -0.1) is 0 Å². The van der Waals surface area contributed by atoms with E-state index in [2.05, 4.69) is 15.9 Å². The number of hydrogen-bond acceptors (Lipinski definition) is 4. The van der Waals surface area contributed by atoms with Crippen molar-refractivity contribution in [2.75, 3.05) is 0 Å². The average Bonchev–Trinajstić information content (AvgIpc) is 2.67. The van der Waals surface area contributed by atoms with Gasteiger partial charge in [0.25, 0.3) is 0 Å². The van der Waals surface area contributed by atoms with E-state index in [-0.39, 0.29) is 4.90 Å². The minimum atomic E-state index is -3.86. The normalized spacial score (nSPS) is 12.5. The molecule has 3 aromatic carbocycles. The quantitative estimate of drug-likeness (QED) is 0.384. The van der Waals surface area contributed by atoms with Crippen LogP contribution in [-0.2, 0) is 9.84 Å². The summed E-state index contributed by atoms with van der Waals surface area (Å²) in [5, 5.41) is 0. The molecule has 132 valence electrons. The third kappa shape index (κ3) is 4.26. The number of halogens is 1. The van der Waals surface area contributed by atoms with Gasteiger partial charge in [-0.25, -0.2) is 8.42 Å². The number of hydrogen-bond donors (Lipinski definition) is 0. The smallest absolute Gasteiger partial charge is 0.198 e. The molecule has 26 heavy (non-hydrogen) atoms. The fraction of sp³-hybridized carbons (Fsp3) is 0.0500. The number of carbonyl (C=O) groups excluding carboxylic acids is 1. The van der Waals surface area contributed by atoms with Gasteiger partial charge in [-0.05, 0) is 36.4 Å².